The summed E-state index contributed by atoms with van der Waals surface area (Å²) in [5, 5.41) is 0.440. The lowest BCUT2D eigenvalue weighted by atomic mass is 10.1. The molecule has 0 unspecified atom stereocenters. The molecule has 0 saturated heterocycles. The van der Waals surface area contributed by atoms with Crippen LogP contribution in [0.1, 0.15) is 56.7 Å². The zero-order valence-corrected chi connectivity index (χ0v) is 20.4. The molecule has 1 aliphatic heterocycles. The molecule has 2 N–H and O–H groups in total. The van der Waals surface area contributed by atoms with Crippen molar-refractivity contribution in [2.24, 2.45) is 0 Å². The lowest BCUT2D eigenvalue weighted by molar-refractivity contribution is 0.0452. The topological polar surface area (TPSA) is 142 Å². The standard InChI is InChI=1S/C24H17ClN2O8S/c1-33-23(31)17-16(18(24(32)34-2)36-19(17)26)10-35-22(30)11-3-8-14-15(9-11)21(29)27(20(14)28)13-6-4-12(25)5-7-13/h3-9H,10,26H2,1-2H3. The number of nitrogens with two attached hydrogens (primary N) is 1. The fourth-order valence-electron chi connectivity index (χ4n) is 3.62. The van der Waals surface area contributed by atoms with Gasteiger partial charge in [-0.1, -0.05) is 11.6 Å². The fourth-order valence-corrected chi connectivity index (χ4v) is 4.72. The Morgan fingerprint density at radius 3 is 2.19 bits per heavy atom. The third-order valence-corrected chi connectivity index (χ3v) is 6.64. The molecule has 2 heterocycles. The Bertz CT molecular complexity index is 1430. The van der Waals surface area contributed by atoms with E-state index < -0.39 is 36.3 Å². The molecule has 0 saturated carbocycles. The van der Waals surface area contributed by atoms with Crippen molar-refractivity contribution in [1.82, 2.24) is 0 Å². The first-order chi connectivity index (χ1) is 17.2. The van der Waals surface area contributed by atoms with Gasteiger partial charge in [0.2, 0.25) is 0 Å². The normalized spacial score (nSPS) is 12.4. The third-order valence-electron chi connectivity index (χ3n) is 5.35. The van der Waals surface area contributed by atoms with Crippen molar-refractivity contribution < 1.29 is 38.2 Å². The van der Waals surface area contributed by atoms with Crippen LogP contribution in [0.3, 0.4) is 0 Å². The molecule has 1 aromatic heterocycles. The number of hydrogen-bond acceptors (Lipinski definition) is 10. The Balaban J connectivity index is 1.59. The molecule has 0 atom stereocenters. The number of fused-ring (bicyclic) bond motifs is 1. The molecule has 0 spiro atoms. The van der Waals surface area contributed by atoms with Gasteiger partial charge in [0.15, 0.2) is 0 Å². The predicted molar refractivity (Wildman–Crippen MR) is 130 cm³/mol. The highest BCUT2D eigenvalue weighted by atomic mass is 35.5. The highest BCUT2D eigenvalue weighted by Gasteiger charge is 2.37. The Morgan fingerprint density at radius 2 is 1.56 bits per heavy atom. The lowest BCUT2D eigenvalue weighted by Crippen LogP contribution is -2.29. The highest BCUT2D eigenvalue weighted by molar-refractivity contribution is 7.18. The van der Waals surface area contributed by atoms with Gasteiger partial charge in [-0.25, -0.2) is 19.3 Å². The van der Waals surface area contributed by atoms with Gasteiger partial charge in [0.25, 0.3) is 11.8 Å². The first kappa shape index (κ1) is 24.9. The Kier molecular flexibility index (Phi) is 6.77. The van der Waals surface area contributed by atoms with Crippen LogP contribution in [-0.4, -0.2) is 43.9 Å². The van der Waals surface area contributed by atoms with Crippen LogP contribution in [0, 0.1) is 0 Å². The minimum atomic E-state index is -0.862. The van der Waals surface area contributed by atoms with E-state index in [0.717, 1.165) is 30.5 Å². The summed E-state index contributed by atoms with van der Waals surface area (Å²) in [5.41, 5.74) is 6.26. The van der Waals surface area contributed by atoms with Crippen LogP contribution >= 0.6 is 22.9 Å². The van der Waals surface area contributed by atoms with Crippen molar-refractivity contribution in [1.29, 1.82) is 0 Å². The van der Waals surface area contributed by atoms with E-state index in [4.69, 9.17) is 31.5 Å². The van der Waals surface area contributed by atoms with Crippen molar-refractivity contribution in [3.8, 4) is 0 Å². The fraction of sp³-hybridized carbons (Fsp3) is 0.125. The molecule has 0 radical (unpaired) electrons. The molecule has 3 aromatic rings. The van der Waals surface area contributed by atoms with Crippen molar-refractivity contribution in [2.75, 3.05) is 24.9 Å². The number of thiophene rings is 1. The van der Waals surface area contributed by atoms with Crippen LogP contribution in [0.4, 0.5) is 10.7 Å². The number of carbonyl (C=O) groups excluding carboxylic acids is 5. The van der Waals surface area contributed by atoms with Crippen LogP contribution in [0.2, 0.25) is 5.02 Å². The summed E-state index contributed by atoms with van der Waals surface area (Å²) in [6.45, 7) is -0.498. The highest BCUT2D eigenvalue weighted by Crippen LogP contribution is 2.34. The van der Waals surface area contributed by atoms with Gasteiger partial charge in [0.1, 0.15) is 22.0 Å². The van der Waals surface area contributed by atoms with E-state index in [1.165, 1.54) is 30.3 Å². The van der Waals surface area contributed by atoms with Gasteiger partial charge in [0, 0.05) is 10.6 Å². The average molecular weight is 529 g/mol. The van der Waals surface area contributed by atoms with Crippen molar-refractivity contribution >= 4 is 63.3 Å². The van der Waals surface area contributed by atoms with Crippen LogP contribution in [0.25, 0.3) is 0 Å². The number of nitrogen functional groups attached to an aromatic ring is 1. The molecule has 0 bridgehead atoms. The van der Waals surface area contributed by atoms with Crippen molar-refractivity contribution in [3.05, 3.63) is 80.2 Å². The minimum Gasteiger partial charge on any atom is -0.465 e. The number of nitrogens with zero attached hydrogens (tertiary/aromatic N) is 1. The Hall–Kier alpha value is -4.22. The van der Waals surface area contributed by atoms with E-state index in [1.807, 2.05) is 0 Å². The second-order valence-electron chi connectivity index (χ2n) is 7.39. The predicted octanol–water partition coefficient (Wildman–Crippen LogP) is 3.71. The number of carbonyl (C=O) groups is 5. The molecular formula is C24H17ClN2O8S. The largest absolute Gasteiger partial charge is 0.465 e. The summed E-state index contributed by atoms with van der Waals surface area (Å²) >= 11 is 6.68. The van der Waals surface area contributed by atoms with Gasteiger partial charge in [-0.15, -0.1) is 11.3 Å². The zero-order chi connectivity index (χ0) is 26.1. The Morgan fingerprint density at radius 1 is 0.917 bits per heavy atom. The van der Waals surface area contributed by atoms with E-state index in [1.54, 1.807) is 12.1 Å². The molecule has 4 rings (SSSR count). The van der Waals surface area contributed by atoms with Gasteiger partial charge in [-0.05, 0) is 42.5 Å². The first-order valence-electron chi connectivity index (χ1n) is 10.2. The molecule has 2 amide bonds. The number of ether oxygens (including phenoxy) is 3. The van der Waals surface area contributed by atoms with Crippen LogP contribution in [-0.2, 0) is 20.8 Å². The molecule has 184 valence electrons. The number of amides is 2. The summed E-state index contributed by atoms with van der Waals surface area (Å²) in [7, 11) is 2.30. The Labute approximate surface area is 213 Å². The summed E-state index contributed by atoms with van der Waals surface area (Å²) in [6, 6.07) is 10.1. The maximum absolute atomic E-state index is 13.0. The average Bonchev–Trinajstić information content (AvgIpc) is 3.34. The number of anilines is 2. The number of methoxy groups -OCH3 is 2. The van der Waals surface area contributed by atoms with Gasteiger partial charge in [-0.2, -0.15) is 0 Å². The van der Waals surface area contributed by atoms with Gasteiger partial charge in [0.05, 0.1) is 36.6 Å². The molecule has 36 heavy (non-hydrogen) atoms. The lowest BCUT2D eigenvalue weighted by Gasteiger charge is -2.13. The second kappa shape index (κ2) is 9.80. The zero-order valence-electron chi connectivity index (χ0n) is 18.8. The van der Waals surface area contributed by atoms with E-state index in [2.05, 4.69) is 0 Å². The van der Waals surface area contributed by atoms with Crippen LogP contribution in [0.15, 0.2) is 42.5 Å². The van der Waals surface area contributed by atoms with Crippen LogP contribution in [0.5, 0.6) is 0 Å². The van der Waals surface area contributed by atoms with E-state index in [0.29, 0.717) is 10.7 Å². The monoisotopic (exact) mass is 528 g/mol. The van der Waals surface area contributed by atoms with Crippen molar-refractivity contribution in [2.45, 2.75) is 6.61 Å². The van der Waals surface area contributed by atoms with Gasteiger partial charge < -0.3 is 19.9 Å². The quantitative estimate of drug-likeness (QED) is 0.287. The van der Waals surface area contributed by atoms with Crippen LogP contribution < -0.4 is 10.6 Å². The SMILES string of the molecule is COC(=O)c1sc(N)c(C(=O)OC)c1COC(=O)c1ccc2c(c1)C(=O)N(c1ccc(Cl)cc1)C2=O. The molecule has 2 aromatic carbocycles. The molecule has 0 fully saturated rings. The first-order valence-corrected chi connectivity index (χ1v) is 11.4. The number of benzene rings is 2. The summed E-state index contributed by atoms with van der Waals surface area (Å²) in [5.74, 6) is -3.60. The molecule has 12 heteroatoms. The van der Waals surface area contributed by atoms with E-state index >= 15 is 0 Å². The number of halogens is 1. The second-order valence-corrected chi connectivity index (χ2v) is 8.88. The molecule has 10 nitrogen and oxygen atoms in total. The summed E-state index contributed by atoms with van der Waals surface area (Å²) < 4.78 is 14.7. The van der Waals surface area contributed by atoms with Crippen molar-refractivity contribution in [3.63, 3.8) is 0 Å². The van der Waals surface area contributed by atoms with Gasteiger partial charge >= 0.3 is 17.9 Å². The molecule has 1 aliphatic rings. The minimum absolute atomic E-state index is 0.00257. The molecule has 0 aliphatic carbocycles. The maximum atomic E-state index is 13.0. The van der Waals surface area contributed by atoms with E-state index in [9.17, 15) is 24.0 Å². The number of esters is 3. The number of imide groups is 1. The van der Waals surface area contributed by atoms with E-state index in [-0.39, 0.29) is 37.7 Å². The number of rotatable bonds is 6. The smallest absolute Gasteiger partial charge is 0.348 e. The van der Waals surface area contributed by atoms with Gasteiger partial charge in [-0.3, -0.25) is 9.59 Å². The summed E-state index contributed by atoms with van der Waals surface area (Å²) in [6.07, 6.45) is 0. The maximum Gasteiger partial charge on any atom is 0.348 e. The summed E-state index contributed by atoms with van der Waals surface area (Å²) in [4.78, 5) is 63.9. The third kappa shape index (κ3) is 4.30. The molecular weight excluding hydrogens is 512 g/mol. The number of hydrogen-bond donors (Lipinski definition) is 1.